The summed E-state index contributed by atoms with van der Waals surface area (Å²) in [7, 11) is 0. The molecule has 2 rings (SSSR count). The molecule has 0 aliphatic heterocycles. The Kier molecular flexibility index (Phi) is 3.66. The van der Waals surface area contributed by atoms with E-state index >= 15 is 0 Å². The molecule has 1 aromatic heterocycles. The van der Waals surface area contributed by atoms with Gasteiger partial charge in [-0.05, 0) is 25.5 Å². The summed E-state index contributed by atoms with van der Waals surface area (Å²) in [6.45, 7) is 3.52. The first-order valence-electron chi connectivity index (χ1n) is 5.37. The first-order valence-corrected chi connectivity index (χ1v) is 6.25. The van der Waals surface area contributed by atoms with Gasteiger partial charge in [0.15, 0.2) is 0 Å². The van der Waals surface area contributed by atoms with E-state index in [1.165, 1.54) is 0 Å². The smallest absolute Gasteiger partial charge is 0.316 e. The maximum Gasteiger partial charge on any atom is 0.316 e. The van der Waals surface area contributed by atoms with Crippen LogP contribution in [0.4, 0.5) is 0 Å². The maximum atomic E-state index is 10.7. The van der Waals surface area contributed by atoms with Crippen molar-refractivity contribution in [3.63, 3.8) is 0 Å². The van der Waals surface area contributed by atoms with Crippen LogP contribution >= 0.6 is 11.8 Å². The number of carbonyl (C=O) groups is 1. The minimum atomic E-state index is -0.907. The summed E-state index contributed by atoms with van der Waals surface area (Å²) in [4.78, 5) is 10.7. The summed E-state index contributed by atoms with van der Waals surface area (Å²) in [5, 5.41) is 16.2. The average Bonchev–Trinajstić information content (AvgIpc) is 2.77. The van der Waals surface area contributed by atoms with Gasteiger partial charge in [-0.2, -0.15) is 0 Å². The van der Waals surface area contributed by atoms with Gasteiger partial charge in [0, 0.05) is 5.56 Å². The fraction of sp³-hybridized carbons (Fsp3) is 0.250. The highest BCUT2D eigenvalue weighted by Crippen LogP contribution is 2.27. The van der Waals surface area contributed by atoms with Gasteiger partial charge in [-0.3, -0.25) is 4.79 Å². The molecule has 1 heterocycles. The Morgan fingerprint density at radius 3 is 2.78 bits per heavy atom. The monoisotopic (exact) mass is 264 g/mol. The Bertz CT molecular complexity index is 568. The second-order valence-corrected chi connectivity index (χ2v) is 5.08. The number of rotatable bonds is 4. The summed E-state index contributed by atoms with van der Waals surface area (Å²) < 4.78 is 5.45. The predicted octanol–water partition coefficient (Wildman–Crippen LogP) is 2.61. The zero-order valence-corrected chi connectivity index (χ0v) is 10.8. The van der Waals surface area contributed by atoms with Crippen molar-refractivity contribution in [2.75, 3.05) is 0 Å². The van der Waals surface area contributed by atoms with Crippen LogP contribution in [0.5, 0.6) is 0 Å². The highest BCUT2D eigenvalue weighted by atomic mass is 32.2. The van der Waals surface area contributed by atoms with Crippen molar-refractivity contribution >= 4 is 17.7 Å². The van der Waals surface area contributed by atoms with E-state index in [1.54, 1.807) is 6.92 Å². The number of nitrogens with zero attached hydrogens (tertiary/aromatic N) is 2. The van der Waals surface area contributed by atoms with Gasteiger partial charge in [0.25, 0.3) is 5.22 Å². The fourth-order valence-electron chi connectivity index (χ4n) is 1.38. The molecular weight excluding hydrogens is 252 g/mol. The molecule has 0 aliphatic rings. The van der Waals surface area contributed by atoms with Crippen LogP contribution in [0.3, 0.4) is 0 Å². The number of hydrogen-bond donors (Lipinski definition) is 1. The first kappa shape index (κ1) is 12.6. The number of thioether (sulfide) groups is 1. The normalized spacial score (nSPS) is 12.3. The van der Waals surface area contributed by atoms with Gasteiger partial charge >= 0.3 is 5.97 Å². The van der Waals surface area contributed by atoms with E-state index < -0.39 is 11.2 Å². The third kappa shape index (κ3) is 2.70. The molecule has 94 valence electrons. The number of carboxylic acids is 1. The average molecular weight is 264 g/mol. The lowest BCUT2D eigenvalue weighted by Gasteiger charge is -2.00. The Balaban J connectivity index is 2.21. The quantitative estimate of drug-likeness (QED) is 0.855. The molecule has 0 fully saturated rings. The maximum absolute atomic E-state index is 10.7. The van der Waals surface area contributed by atoms with Crippen molar-refractivity contribution in [1.29, 1.82) is 0 Å². The van der Waals surface area contributed by atoms with E-state index in [9.17, 15) is 4.79 Å². The number of carboxylic acid groups (broad SMARTS) is 1. The van der Waals surface area contributed by atoms with E-state index in [4.69, 9.17) is 9.52 Å². The van der Waals surface area contributed by atoms with Gasteiger partial charge in [-0.15, -0.1) is 10.2 Å². The highest BCUT2D eigenvalue weighted by molar-refractivity contribution is 8.00. The molecule has 1 unspecified atom stereocenters. The molecule has 1 N–H and O–H groups in total. The molecule has 18 heavy (non-hydrogen) atoms. The van der Waals surface area contributed by atoms with Crippen LogP contribution in [0.1, 0.15) is 12.5 Å². The van der Waals surface area contributed by atoms with Gasteiger partial charge in [-0.25, -0.2) is 0 Å². The molecule has 0 amide bonds. The van der Waals surface area contributed by atoms with E-state index in [0.29, 0.717) is 5.89 Å². The van der Waals surface area contributed by atoms with Crippen LogP contribution in [-0.4, -0.2) is 26.5 Å². The van der Waals surface area contributed by atoms with Gasteiger partial charge in [0.2, 0.25) is 5.89 Å². The number of aryl methyl sites for hydroxylation is 1. The summed E-state index contributed by atoms with van der Waals surface area (Å²) in [6, 6.07) is 7.65. The number of hydrogen-bond acceptors (Lipinski definition) is 5. The van der Waals surface area contributed by atoms with Crippen molar-refractivity contribution in [3.8, 4) is 11.5 Å². The highest BCUT2D eigenvalue weighted by Gasteiger charge is 2.17. The zero-order valence-electron chi connectivity index (χ0n) is 9.95. The minimum absolute atomic E-state index is 0.267. The number of benzene rings is 1. The van der Waals surface area contributed by atoms with Crippen LogP contribution in [0.15, 0.2) is 33.9 Å². The molecule has 0 saturated heterocycles. The second-order valence-electron chi connectivity index (χ2n) is 3.79. The lowest BCUT2D eigenvalue weighted by molar-refractivity contribution is -0.136. The summed E-state index contributed by atoms with van der Waals surface area (Å²) in [6.07, 6.45) is 0. The molecule has 1 atom stereocenters. The number of aromatic nitrogens is 2. The Morgan fingerprint density at radius 1 is 1.39 bits per heavy atom. The molecule has 0 radical (unpaired) electrons. The topological polar surface area (TPSA) is 76.2 Å². The summed E-state index contributed by atoms with van der Waals surface area (Å²) in [5.74, 6) is -0.496. The molecule has 0 saturated carbocycles. The van der Waals surface area contributed by atoms with Crippen LogP contribution in [0, 0.1) is 6.92 Å². The van der Waals surface area contributed by atoms with Crippen LogP contribution in [0.25, 0.3) is 11.5 Å². The number of aliphatic carboxylic acids is 1. The summed E-state index contributed by atoms with van der Waals surface area (Å²) >= 11 is 1.03. The molecule has 0 aliphatic carbocycles. The van der Waals surface area contributed by atoms with E-state index in [-0.39, 0.29) is 5.22 Å². The molecule has 6 heteroatoms. The van der Waals surface area contributed by atoms with Gasteiger partial charge < -0.3 is 9.52 Å². The van der Waals surface area contributed by atoms with Crippen molar-refractivity contribution in [3.05, 3.63) is 29.8 Å². The van der Waals surface area contributed by atoms with E-state index in [0.717, 1.165) is 22.9 Å². The molecule has 0 spiro atoms. The van der Waals surface area contributed by atoms with E-state index in [2.05, 4.69) is 10.2 Å². The molecule has 5 nitrogen and oxygen atoms in total. The second kappa shape index (κ2) is 5.22. The SMILES string of the molecule is Cc1ccccc1-c1nnc(SC(C)C(=O)O)o1. The largest absolute Gasteiger partial charge is 0.480 e. The van der Waals surface area contributed by atoms with Crippen LogP contribution in [0.2, 0.25) is 0 Å². The van der Waals surface area contributed by atoms with E-state index in [1.807, 2.05) is 31.2 Å². The molecular formula is C12H12N2O3S. The molecule has 1 aromatic carbocycles. The molecule has 0 bridgehead atoms. The Hall–Kier alpha value is -1.82. The Morgan fingerprint density at radius 2 is 2.11 bits per heavy atom. The van der Waals surface area contributed by atoms with Crippen LogP contribution in [-0.2, 0) is 4.79 Å². The third-order valence-electron chi connectivity index (χ3n) is 2.41. The standard InChI is InChI=1S/C12H12N2O3S/c1-7-5-3-4-6-9(7)10-13-14-12(17-10)18-8(2)11(15)16/h3-6,8H,1-2H3,(H,15,16). The van der Waals surface area contributed by atoms with Crippen molar-refractivity contribution < 1.29 is 14.3 Å². The van der Waals surface area contributed by atoms with Gasteiger partial charge in [-0.1, -0.05) is 30.0 Å². The molecule has 2 aromatic rings. The third-order valence-corrected chi connectivity index (χ3v) is 3.33. The van der Waals surface area contributed by atoms with Crippen LogP contribution < -0.4 is 0 Å². The Labute approximate surface area is 108 Å². The van der Waals surface area contributed by atoms with Crippen molar-refractivity contribution in [2.45, 2.75) is 24.3 Å². The van der Waals surface area contributed by atoms with Crippen molar-refractivity contribution in [2.24, 2.45) is 0 Å². The van der Waals surface area contributed by atoms with Crippen molar-refractivity contribution in [1.82, 2.24) is 10.2 Å². The summed E-state index contributed by atoms with van der Waals surface area (Å²) in [5.41, 5.74) is 1.89. The lowest BCUT2D eigenvalue weighted by Crippen LogP contribution is -2.10. The van der Waals surface area contributed by atoms with Gasteiger partial charge in [0.05, 0.1) is 0 Å². The minimum Gasteiger partial charge on any atom is -0.480 e. The lowest BCUT2D eigenvalue weighted by atomic mass is 10.1. The predicted molar refractivity (Wildman–Crippen MR) is 67.4 cm³/mol. The fourth-order valence-corrected chi connectivity index (χ4v) is 2.00. The first-order chi connectivity index (χ1) is 8.58. The van der Waals surface area contributed by atoms with Gasteiger partial charge in [0.1, 0.15) is 5.25 Å². The zero-order chi connectivity index (χ0) is 13.1.